The number of hydroxylamine groups is 1. The van der Waals surface area contributed by atoms with Crippen LogP contribution in [-0.2, 0) is 4.84 Å². The molecule has 0 radical (unpaired) electrons. The molecular weight excluding hydrogens is 232 g/mol. The fraction of sp³-hybridized carbons (Fsp3) is 0.0769. The van der Waals surface area contributed by atoms with Crippen molar-refractivity contribution in [1.29, 1.82) is 0 Å². The lowest BCUT2D eigenvalue weighted by molar-refractivity contribution is -0.384. The average molecular weight is 242 g/mol. The van der Waals surface area contributed by atoms with Gasteiger partial charge in [-0.2, -0.15) is 0 Å². The molecule has 1 atom stereocenters. The zero-order chi connectivity index (χ0) is 12.5. The Bertz CT molecular complexity index is 569. The average Bonchev–Trinajstić information content (AvgIpc) is 3.20. The summed E-state index contributed by atoms with van der Waals surface area (Å²) in [5.74, 6) is 0. The van der Waals surface area contributed by atoms with Crippen LogP contribution in [0.4, 0.5) is 11.4 Å². The lowest BCUT2D eigenvalue weighted by Gasteiger charge is -1.99. The van der Waals surface area contributed by atoms with Gasteiger partial charge in [-0.1, -0.05) is 18.2 Å². The van der Waals surface area contributed by atoms with Crippen molar-refractivity contribution in [2.75, 3.05) is 5.06 Å². The third-order valence-electron chi connectivity index (χ3n) is 2.78. The second-order valence-corrected chi connectivity index (χ2v) is 3.97. The molecule has 0 N–H and O–H groups in total. The minimum Gasteiger partial charge on any atom is -0.258 e. The van der Waals surface area contributed by atoms with E-state index < -0.39 is 4.92 Å². The number of non-ortho nitro benzene ring substituents is 1. The monoisotopic (exact) mass is 242 g/mol. The number of nitro groups is 1. The van der Waals surface area contributed by atoms with Gasteiger partial charge in [-0.25, -0.2) is 9.90 Å². The van der Waals surface area contributed by atoms with Gasteiger partial charge in [0.25, 0.3) is 5.69 Å². The molecule has 1 unspecified atom stereocenters. The maximum Gasteiger partial charge on any atom is 0.269 e. The van der Waals surface area contributed by atoms with Crippen molar-refractivity contribution in [1.82, 2.24) is 0 Å². The number of rotatable bonds is 3. The maximum atomic E-state index is 10.5. The Labute approximate surface area is 103 Å². The van der Waals surface area contributed by atoms with Crippen molar-refractivity contribution in [3.05, 3.63) is 70.3 Å². The van der Waals surface area contributed by atoms with E-state index in [2.05, 4.69) is 0 Å². The second-order valence-electron chi connectivity index (χ2n) is 3.97. The van der Waals surface area contributed by atoms with Gasteiger partial charge in [-0.3, -0.25) is 10.1 Å². The highest BCUT2D eigenvalue weighted by Gasteiger charge is 2.38. The molecule has 2 aromatic rings. The van der Waals surface area contributed by atoms with Gasteiger partial charge in [0.15, 0.2) is 0 Å². The summed E-state index contributed by atoms with van der Waals surface area (Å²) in [7, 11) is 0. The summed E-state index contributed by atoms with van der Waals surface area (Å²) in [5.41, 5.74) is 1.97. The van der Waals surface area contributed by atoms with E-state index in [1.807, 2.05) is 30.3 Å². The molecule has 1 aliphatic heterocycles. The van der Waals surface area contributed by atoms with Gasteiger partial charge in [0, 0.05) is 17.7 Å². The summed E-state index contributed by atoms with van der Waals surface area (Å²) in [6, 6.07) is 16.1. The fourth-order valence-electron chi connectivity index (χ4n) is 1.81. The minimum atomic E-state index is -0.410. The molecule has 0 aromatic heterocycles. The van der Waals surface area contributed by atoms with Gasteiger partial charge >= 0.3 is 0 Å². The topological polar surface area (TPSA) is 58.7 Å². The van der Waals surface area contributed by atoms with E-state index in [0.717, 1.165) is 11.3 Å². The summed E-state index contributed by atoms with van der Waals surface area (Å²) in [6.45, 7) is 0. The molecule has 18 heavy (non-hydrogen) atoms. The molecule has 5 nitrogen and oxygen atoms in total. The number of benzene rings is 2. The first-order chi connectivity index (χ1) is 8.75. The zero-order valence-electron chi connectivity index (χ0n) is 9.39. The van der Waals surface area contributed by atoms with Crippen LogP contribution in [0.1, 0.15) is 11.8 Å². The highest BCUT2D eigenvalue weighted by molar-refractivity contribution is 5.49. The molecule has 1 saturated heterocycles. The van der Waals surface area contributed by atoms with Gasteiger partial charge < -0.3 is 0 Å². The smallest absolute Gasteiger partial charge is 0.258 e. The zero-order valence-corrected chi connectivity index (χ0v) is 9.39. The van der Waals surface area contributed by atoms with Crippen molar-refractivity contribution in [3.63, 3.8) is 0 Å². The molecule has 0 saturated carbocycles. The summed E-state index contributed by atoms with van der Waals surface area (Å²) in [4.78, 5) is 15.6. The van der Waals surface area contributed by atoms with Crippen LogP contribution in [0.25, 0.3) is 0 Å². The first-order valence-corrected chi connectivity index (χ1v) is 5.51. The van der Waals surface area contributed by atoms with Crippen LogP contribution in [0.3, 0.4) is 0 Å². The first-order valence-electron chi connectivity index (χ1n) is 5.51. The van der Waals surface area contributed by atoms with Crippen LogP contribution in [0, 0.1) is 10.1 Å². The van der Waals surface area contributed by atoms with E-state index >= 15 is 0 Å². The molecule has 1 aliphatic rings. The van der Waals surface area contributed by atoms with E-state index in [9.17, 15) is 10.1 Å². The predicted molar refractivity (Wildman–Crippen MR) is 65.8 cm³/mol. The van der Waals surface area contributed by atoms with E-state index in [4.69, 9.17) is 4.84 Å². The van der Waals surface area contributed by atoms with E-state index in [1.165, 1.54) is 12.1 Å². The molecule has 1 heterocycles. The first kappa shape index (κ1) is 10.7. The summed E-state index contributed by atoms with van der Waals surface area (Å²) < 4.78 is 0. The van der Waals surface area contributed by atoms with Crippen molar-refractivity contribution in [2.45, 2.75) is 6.23 Å². The quantitative estimate of drug-likeness (QED) is 0.471. The number of nitrogens with zero attached hydrogens (tertiary/aromatic N) is 2. The standard InChI is InChI=1S/C13H10N2O3/c16-15(17)12-8-6-10(7-9-12)13-14(18-13)11-4-2-1-3-5-11/h1-9,13H. The van der Waals surface area contributed by atoms with E-state index in [-0.39, 0.29) is 11.9 Å². The predicted octanol–water partition coefficient (Wildman–Crippen LogP) is 3.05. The SMILES string of the molecule is O=[N+]([O-])c1ccc(C2ON2c2ccccc2)cc1. The van der Waals surface area contributed by atoms with Crippen LogP contribution < -0.4 is 5.06 Å². The number of anilines is 1. The van der Waals surface area contributed by atoms with E-state index in [1.54, 1.807) is 17.2 Å². The normalized spacial score (nSPS) is 17.6. The van der Waals surface area contributed by atoms with Gasteiger partial charge in [-0.15, -0.1) is 0 Å². The van der Waals surface area contributed by atoms with Crippen LogP contribution in [0.5, 0.6) is 0 Å². The molecule has 5 heteroatoms. The van der Waals surface area contributed by atoms with Gasteiger partial charge in [0.1, 0.15) is 0 Å². The Balaban J connectivity index is 1.77. The van der Waals surface area contributed by atoms with Gasteiger partial charge in [-0.05, 0) is 24.3 Å². The van der Waals surface area contributed by atoms with Crippen LogP contribution in [0.15, 0.2) is 54.6 Å². The van der Waals surface area contributed by atoms with Crippen LogP contribution in [0.2, 0.25) is 0 Å². The van der Waals surface area contributed by atoms with Crippen LogP contribution >= 0.6 is 0 Å². The second kappa shape index (κ2) is 4.12. The lowest BCUT2D eigenvalue weighted by atomic mass is 10.2. The summed E-state index contributed by atoms with van der Waals surface area (Å²) >= 11 is 0. The van der Waals surface area contributed by atoms with Crippen molar-refractivity contribution in [3.8, 4) is 0 Å². The maximum absolute atomic E-state index is 10.5. The lowest BCUT2D eigenvalue weighted by Crippen LogP contribution is -1.94. The molecule has 0 bridgehead atoms. The summed E-state index contributed by atoms with van der Waals surface area (Å²) in [5, 5.41) is 12.3. The molecule has 0 aliphatic carbocycles. The number of hydrogen-bond acceptors (Lipinski definition) is 4. The van der Waals surface area contributed by atoms with Crippen molar-refractivity contribution < 1.29 is 9.76 Å². The molecular formula is C13H10N2O3. The Morgan fingerprint density at radius 2 is 1.72 bits per heavy atom. The highest BCUT2D eigenvalue weighted by atomic mass is 16.8. The third kappa shape index (κ3) is 1.91. The van der Waals surface area contributed by atoms with E-state index in [0.29, 0.717) is 0 Å². The molecule has 90 valence electrons. The largest absolute Gasteiger partial charge is 0.269 e. The molecule has 3 rings (SSSR count). The molecule has 0 amide bonds. The van der Waals surface area contributed by atoms with Crippen molar-refractivity contribution >= 4 is 11.4 Å². The molecule has 2 aromatic carbocycles. The Kier molecular flexibility index (Phi) is 2.46. The Morgan fingerprint density at radius 3 is 2.33 bits per heavy atom. The highest BCUT2D eigenvalue weighted by Crippen LogP contribution is 2.41. The third-order valence-corrected chi connectivity index (χ3v) is 2.78. The summed E-state index contributed by atoms with van der Waals surface area (Å²) in [6.07, 6.45) is -0.145. The molecule has 1 fully saturated rings. The number of hydrogen-bond donors (Lipinski definition) is 0. The fourth-order valence-corrected chi connectivity index (χ4v) is 1.81. The Hall–Kier alpha value is -2.40. The van der Waals surface area contributed by atoms with Gasteiger partial charge in [0.2, 0.25) is 6.23 Å². The van der Waals surface area contributed by atoms with Crippen LogP contribution in [-0.4, -0.2) is 4.92 Å². The molecule has 0 spiro atoms. The van der Waals surface area contributed by atoms with Gasteiger partial charge in [0.05, 0.1) is 10.6 Å². The van der Waals surface area contributed by atoms with Crippen molar-refractivity contribution in [2.24, 2.45) is 0 Å². The number of nitro benzene ring substituents is 1. The number of para-hydroxylation sites is 1. The minimum absolute atomic E-state index is 0.0886. The Morgan fingerprint density at radius 1 is 1.06 bits per heavy atom.